The van der Waals surface area contributed by atoms with Crippen LogP contribution in [0.3, 0.4) is 0 Å². The molecule has 0 saturated carbocycles. The van der Waals surface area contributed by atoms with Crippen molar-refractivity contribution in [1.29, 1.82) is 0 Å². The summed E-state index contributed by atoms with van der Waals surface area (Å²) >= 11 is 1.04. The van der Waals surface area contributed by atoms with Gasteiger partial charge in [0.15, 0.2) is 5.82 Å². The maximum atomic E-state index is 11.9. The molecule has 0 aliphatic carbocycles. The summed E-state index contributed by atoms with van der Waals surface area (Å²) in [5, 5.41) is 11.2. The number of benzene rings is 1. The summed E-state index contributed by atoms with van der Waals surface area (Å²) in [4.78, 5) is 25.8. The van der Waals surface area contributed by atoms with E-state index < -0.39 is 17.6 Å². The highest BCUT2D eigenvalue weighted by atomic mass is 32.1. The van der Waals surface area contributed by atoms with Crippen molar-refractivity contribution in [3.05, 3.63) is 65.1 Å². The summed E-state index contributed by atoms with van der Waals surface area (Å²) in [6, 6.07) is 11.5. The molecule has 33 heavy (non-hydrogen) atoms. The van der Waals surface area contributed by atoms with Crippen LogP contribution in [0.1, 0.15) is 41.0 Å². The predicted molar refractivity (Wildman–Crippen MR) is 128 cm³/mol. The molecule has 0 radical (unpaired) electrons. The number of aliphatic hydroxyl groups excluding tert-OH is 1. The molecule has 0 fully saturated rings. The highest BCUT2D eigenvalue weighted by Crippen LogP contribution is 2.39. The number of nitrogens with zero attached hydrogens (tertiary/aromatic N) is 3. The zero-order chi connectivity index (χ0) is 23.8. The molecule has 3 heterocycles. The van der Waals surface area contributed by atoms with Crippen molar-refractivity contribution < 1.29 is 14.6 Å². The fraction of sp³-hybridized carbons (Fsp3) is 0.217. The van der Waals surface area contributed by atoms with Crippen molar-refractivity contribution in [2.24, 2.45) is 11.5 Å². The van der Waals surface area contributed by atoms with Crippen LogP contribution in [0.25, 0.3) is 21.5 Å². The number of aliphatic hydroxyl groups is 1. The van der Waals surface area contributed by atoms with E-state index in [1.54, 1.807) is 32.3 Å². The van der Waals surface area contributed by atoms with Crippen LogP contribution < -0.4 is 21.9 Å². The van der Waals surface area contributed by atoms with Crippen LogP contribution in [0.15, 0.2) is 48.8 Å². The quantitative estimate of drug-likeness (QED) is 0.324. The molecule has 170 valence electrons. The van der Waals surface area contributed by atoms with Crippen molar-refractivity contribution >= 4 is 33.1 Å². The number of nitrogen functional groups attached to an aromatic ring is 1. The lowest BCUT2D eigenvalue weighted by atomic mass is 9.98. The summed E-state index contributed by atoms with van der Waals surface area (Å²) in [6.07, 6.45) is 2.03. The second kappa shape index (κ2) is 8.74. The van der Waals surface area contributed by atoms with Gasteiger partial charge in [-0.25, -0.2) is 9.97 Å². The van der Waals surface area contributed by atoms with Crippen molar-refractivity contribution in [3.8, 4) is 17.0 Å². The van der Waals surface area contributed by atoms with Gasteiger partial charge in [0.1, 0.15) is 28.2 Å². The molecule has 7 N–H and O–H groups in total. The Balaban J connectivity index is 1.82. The van der Waals surface area contributed by atoms with E-state index in [4.69, 9.17) is 21.9 Å². The van der Waals surface area contributed by atoms with Crippen LogP contribution >= 0.6 is 11.3 Å². The fourth-order valence-corrected chi connectivity index (χ4v) is 4.21. The minimum absolute atomic E-state index is 0.109. The first kappa shape index (κ1) is 22.6. The van der Waals surface area contributed by atoms with E-state index in [0.29, 0.717) is 33.8 Å². The Morgan fingerprint density at radius 1 is 1.21 bits per heavy atom. The molecule has 10 heteroatoms. The van der Waals surface area contributed by atoms with Crippen molar-refractivity contribution in [2.75, 3.05) is 5.73 Å². The van der Waals surface area contributed by atoms with E-state index in [0.717, 1.165) is 16.9 Å². The summed E-state index contributed by atoms with van der Waals surface area (Å²) in [5.41, 5.74) is 19.0. The number of thiophene rings is 1. The number of carbonyl (C=O) groups excluding carboxylic acids is 1. The van der Waals surface area contributed by atoms with Crippen LogP contribution in [0.2, 0.25) is 0 Å². The Kier molecular flexibility index (Phi) is 5.98. The van der Waals surface area contributed by atoms with Crippen molar-refractivity contribution in [3.63, 3.8) is 0 Å². The first-order chi connectivity index (χ1) is 15.6. The molecule has 0 saturated heterocycles. The zero-order valence-electron chi connectivity index (χ0n) is 18.1. The molecule has 9 nitrogen and oxygen atoms in total. The van der Waals surface area contributed by atoms with E-state index in [1.165, 1.54) is 0 Å². The van der Waals surface area contributed by atoms with Gasteiger partial charge in [0.25, 0.3) is 5.91 Å². The van der Waals surface area contributed by atoms with Crippen LogP contribution in [0, 0.1) is 0 Å². The number of pyridine rings is 1. The van der Waals surface area contributed by atoms with Gasteiger partial charge in [0.05, 0.1) is 23.0 Å². The largest absolute Gasteiger partial charge is 0.487 e. The number of primary amides is 1. The Bertz CT molecular complexity index is 1320. The third-order valence-electron chi connectivity index (χ3n) is 5.01. The molecule has 3 aromatic heterocycles. The Morgan fingerprint density at radius 3 is 2.61 bits per heavy atom. The first-order valence-electron chi connectivity index (χ1n) is 10.1. The maximum absolute atomic E-state index is 11.9. The highest BCUT2D eigenvalue weighted by Gasteiger charge is 2.30. The normalized spacial score (nSPS) is 12.6. The lowest BCUT2D eigenvalue weighted by Gasteiger charge is -2.24. The molecule has 1 amide bonds. The van der Waals surface area contributed by atoms with E-state index >= 15 is 0 Å². The lowest BCUT2D eigenvalue weighted by molar-refractivity contribution is 0.0964. The van der Waals surface area contributed by atoms with Crippen LogP contribution in [-0.4, -0.2) is 31.5 Å². The number of rotatable bonds is 7. The molecule has 0 aliphatic heterocycles. The van der Waals surface area contributed by atoms with Crippen LogP contribution in [-0.2, 0) is 6.61 Å². The smallest absolute Gasteiger partial charge is 0.260 e. The summed E-state index contributed by atoms with van der Waals surface area (Å²) in [5.74, 6) is -0.0352. The average Bonchev–Trinajstić information content (AvgIpc) is 3.13. The second-order valence-electron chi connectivity index (χ2n) is 8.23. The number of anilines is 1. The van der Waals surface area contributed by atoms with Gasteiger partial charge in [0, 0.05) is 17.3 Å². The number of amides is 1. The number of nitrogens with two attached hydrogens (primary N) is 3. The number of aromatic nitrogens is 3. The van der Waals surface area contributed by atoms with Gasteiger partial charge in [-0.05, 0) is 25.5 Å². The Morgan fingerprint density at radius 2 is 1.94 bits per heavy atom. The lowest BCUT2D eigenvalue weighted by Crippen LogP contribution is -2.40. The molecular formula is C23H24N6O3S. The van der Waals surface area contributed by atoms with E-state index in [1.807, 2.05) is 30.3 Å². The number of hydrogen-bond donors (Lipinski definition) is 4. The number of ether oxygens (including phenoxy) is 1. The van der Waals surface area contributed by atoms with Crippen LogP contribution in [0.4, 0.5) is 5.69 Å². The van der Waals surface area contributed by atoms with Crippen molar-refractivity contribution in [1.82, 2.24) is 15.0 Å². The standard InChI is InChI=1S/C23H24N6O3S/c1-23(2,26)19(30)21-28-17(15-16(24)18(20(25)31)33-22(15)29-21)13-8-14(10-27-9-13)32-11-12-6-4-3-5-7-12/h3-10,19,30H,11,24,26H2,1-2H3,(H2,25,31). The highest BCUT2D eigenvalue weighted by molar-refractivity contribution is 7.21. The SMILES string of the molecule is CC(C)(N)C(O)c1nc(-c2cncc(OCc3ccccc3)c2)c2c(N)c(C(N)=O)sc2n1. The third kappa shape index (κ3) is 4.63. The molecular weight excluding hydrogens is 440 g/mol. The summed E-state index contributed by atoms with van der Waals surface area (Å²) < 4.78 is 5.89. The molecule has 1 atom stereocenters. The average molecular weight is 465 g/mol. The third-order valence-corrected chi connectivity index (χ3v) is 6.13. The molecule has 4 rings (SSSR count). The van der Waals surface area contributed by atoms with Gasteiger partial charge < -0.3 is 27.0 Å². The number of carbonyl (C=O) groups is 1. The Labute approximate surface area is 194 Å². The van der Waals surface area contributed by atoms with E-state index in [-0.39, 0.29) is 16.4 Å². The molecule has 1 aromatic carbocycles. The van der Waals surface area contributed by atoms with Gasteiger partial charge in [-0.1, -0.05) is 30.3 Å². The molecule has 1 unspecified atom stereocenters. The zero-order valence-corrected chi connectivity index (χ0v) is 19.0. The molecule has 4 aromatic rings. The second-order valence-corrected chi connectivity index (χ2v) is 9.23. The monoisotopic (exact) mass is 464 g/mol. The predicted octanol–water partition coefficient (Wildman–Crippen LogP) is 2.78. The van der Waals surface area contributed by atoms with Gasteiger partial charge in [-0.2, -0.15) is 0 Å². The number of hydrogen-bond acceptors (Lipinski definition) is 9. The first-order valence-corrected chi connectivity index (χ1v) is 11.0. The molecule has 0 bridgehead atoms. The molecule has 0 aliphatic rings. The van der Waals surface area contributed by atoms with Gasteiger partial charge in [-0.15, -0.1) is 11.3 Å². The summed E-state index contributed by atoms with van der Waals surface area (Å²) in [7, 11) is 0. The summed E-state index contributed by atoms with van der Waals surface area (Å²) in [6.45, 7) is 3.70. The van der Waals surface area contributed by atoms with Crippen LogP contribution in [0.5, 0.6) is 5.75 Å². The topological polar surface area (TPSA) is 163 Å². The molecule has 0 spiro atoms. The minimum atomic E-state index is -1.16. The van der Waals surface area contributed by atoms with Gasteiger partial charge in [-0.3, -0.25) is 9.78 Å². The minimum Gasteiger partial charge on any atom is -0.487 e. The van der Waals surface area contributed by atoms with Gasteiger partial charge >= 0.3 is 0 Å². The fourth-order valence-electron chi connectivity index (χ4n) is 3.25. The maximum Gasteiger partial charge on any atom is 0.260 e. The van der Waals surface area contributed by atoms with Crippen molar-refractivity contribution in [2.45, 2.75) is 32.1 Å². The van der Waals surface area contributed by atoms with E-state index in [9.17, 15) is 9.90 Å². The van der Waals surface area contributed by atoms with E-state index in [2.05, 4.69) is 15.0 Å². The number of fused-ring (bicyclic) bond motifs is 1. The Hall–Kier alpha value is -3.60. The van der Waals surface area contributed by atoms with Gasteiger partial charge in [0.2, 0.25) is 0 Å².